The lowest BCUT2D eigenvalue weighted by Gasteiger charge is -2.16. The lowest BCUT2D eigenvalue weighted by Crippen LogP contribution is -2.23. The Morgan fingerprint density at radius 2 is 1.94 bits per heavy atom. The molecule has 0 aliphatic heterocycles. The fourth-order valence-corrected chi connectivity index (χ4v) is 1.58. The van der Waals surface area contributed by atoms with Crippen LogP contribution in [0, 0.1) is 0 Å². The van der Waals surface area contributed by atoms with E-state index in [0.717, 1.165) is 24.2 Å². The van der Waals surface area contributed by atoms with Gasteiger partial charge in [-0.15, -0.1) is 0 Å². The number of pyridine rings is 1. The molecule has 0 saturated heterocycles. The molecule has 0 amide bonds. The van der Waals surface area contributed by atoms with Gasteiger partial charge in [-0.1, -0.05) is 6.07 Å². The van der Waals surface area contributed by atoms with Gasteiger partial charge in [-0.05, 0) is 12.1 Å². The molecule has 0 bridgehead atoms. The lowest BCUT2D eigenvalue weighted by atomic mass is 10.2. The van der Waals surface area contributed by atoms with E-state index in [9.17, 15) is 0 Å². The first-order valence-electron chi connectivity index (χ1n) is 5.91. The fraction of sp³-hybridized carbons (Fsp3) is 0.308. The van der Waals surface area contributed by atoms with Gasteiger partial charge in [0.2, 0.25) is 5.95 Å². The van der Waals surface area contributed by atoms with Gasteiger partial charge >= 0.3 is 0 Å². The van der Waals surface area contributed by atoms with Crippen LogP contribution in [-0.4, -0.2) is 28.5 Å². The third kappa shape index (κ3) is 3.24. The van der Waals surface area contributed by atoms with E-state index < -0.39 is 0 Å². The van der Waals surface area contributed by atoms with Gasteiger partial charge in [0, 0.05) is 56.4 Å². The SMILES string of the molecule is CN(CCc1ccccn1)c1ncc(CN)cn1. The highest BCUT2D eigenvalue weighted by atomic mass is 15.2. The van der Waals surface area contributed by atoms with E-state index in [1.807, 2.05) is 36.3 Å². The van der Waals surface area contributed by atoms with E-state index in [4.69, 9.17) is 5.73 Å². The van der Waals surface area contributed by atoms with Gasteiger partial charge in [0.25, 0.3) is 0 Å². The Labute approximate surface area is 107 Å². The minimum Gasteiger partial charge on any atom is -0.343 e. The average Bonchev–Trinajstić information content (AvgIpc) is 2.46. The topological polar surface area (TPSA) is 67.9 Å². The molecule has 0 radical (unpaired) electrons. The zero-order valence-corrected chi connectivity index (χ0v) is 10.5. The summed E-state index contributed by atoms with van der Waals surface area (Å²) < 4.78 is 0. The predicted octanol–water partition coefficient (Wildman–Crippen LogP) is 1.01. The molecule has 2 N–H and O–H groups in total. The molecule has 94 valence electrons. The van der Waals surface area contributed by atoms with E-state index in [0.29, 0.717) is 12.5 Å². The summed E-state index contributed by atoms with van der Waals surface area (Å²) in [5.41, 5.74) is 7.52. The first-order chi connectivity index (χ1) is 8.79. The molecule has 18 heavy (non-hydrogen) atoms. The summed E-state index contributed by atoms with van der Waals surface area (Å²) >= 11 is 0. The van der Waals surface area contributed by atoms with Gasteiger partial charge in [-0.2, -0.15) is 0 Å². The van der Waals surface area contributed by atoms with Crippen molar-refractivity contribution in [2.24, 2.45) is 5.73 Å². The highest BCUT2D eigenvalue weighted by molar-refractivity contribution is 5.28. The van der Waals surface area contributed by atoms with E-state index in [1.165, 1.54) is 0 Å². The van der Waals surface area contributed by atoms with Gasteiger partial charge in [0.15, 0.2) is 0 Å². The Bertz CT molecular complexity index is 469. The van der Waals surface area contributed by atoms with E-state index in [2.05, 4.69) is 15.0 Å². The van der Waals surface area contributed by atoms with Crippen molar-refractivity contribution in [2.45, 2.75) is 13.0 Å². The van der Waals surface area contributed by atoms with Crippen LogP contribution in [0.3, 0.4) is 0 Å². The molecule has 2 rings (SSSR count). The Hall–Kier alpha value is -2.01. The van der Waals surface area contributed by atoms with Crippen molar-refractivity contribution in [1.82, 2.24) is 15.0 Å². The standard InChI is InChI=1S/C13H17N5/c1-18(7-5-12-4-2-3-6-15-12)13-16-9-11(8-14)10-17-13/h2-4,6,9-10H,5,7-8,14H2,1H3. The van der Waals surface area contributed by atoms with Crippen LogP contribution in [-0.2, 0) is 13.0 Å². The maximum atomic E-state index is 5.51. The molecule has 2 heterocycles. The quantitative estimate of drug-likeness (QED) is 0.848. The molecule has 0 atom stereocenters. The van der Waals surface area contributed by atoms with Gasteiger partial charge in [-0.3, -0.25) is 4.98 Å². The molecule has 5 heteroatoms. The lowest BCUT2D eigenvalue weighted by molar-refractivity contribution is 0.816. The first kappa shape index (κ1) is 12.4. The van der Waals surface area contributed by atoms with Gasteiger partial charge < -0.3 is 10.6 Å². The maximum Gasteiger partial charge on any atom is 0.225 e. The second kappa shape index (κ2) is 6.07. The van der Waals surface area contributed by atoms with Crippen molar-refractivity contribution in [3.05, 3.63) is 48.0 Å². The molecular weight excluding hydrogens is 226 g/mol. The largest absolute Gasteiger partial charge is 0.343 e. The number of rotatable bonds is 5. The number of aromatic nitrogens is 3. The van der Waals surface area contributed by atoms with Crippen molar-refractivity contribution >= 4 is 5.95 Å². The normalized spacial score (nSPS) is 10.3. The summed E-state index contributed by atoms with van der Waals surface area (Å²) in [5.74, 6) is 0.711. The van der Waals surface area contributed by atoms with E-state index >= 15 is 0 Å². The van der Waals surface area contributed by atoms with Crippen molar-refractivity contribution < 1.29 is 0 Å². The summed E-state index contributed by atoms with van der Waals surface area (Å²) in [6.45, 7) is 1.30. The molecule has 0 saturated carbocycles. The van der Waals surface area contributed by atoms with Crippen molar-refractivity contribution in [2.75, 3.05) is 18.5 Å². The number of nitrogens with two attached hydrogens (primary N) is 1. The molecule has 0 aliphatic rings. The molecule has 0 fully saturated rings. The Kier molecular flexibility index (Phi) is 4.20. The molecule has 0 unspecified atom stereocenters. The molecule has 2 aromatic heterocycles. The summed E-state index contributed by atoms with van der Waals surface area (Å²) in [6, 6.07) is 5.93. The Morgan fingerprint density at radius 1 is 1.17 bits per heavy atom. The number of hydrogen-bond donors (Lipinski definition) is 1. The monoisotopic (exact) mass is 243 g/mol. The van der Waals surface area contributed by atoms with Crippen LogP contribution in [0.4, 0.5) is 5.95 Å². The van der Waals surface area contributed by atoms with Crippen molar-refractivity contribution in [3.8, 4) is 0 Å². The number of nitrogens with zero attached hydrogens (tertiary/aromatic N) is 4. The van der Waals surface area contributed by atoms with Crippen LogP contribution in [0.15, 0.2) is 36.8 Å². The van der Waals surface area contributed by atoms with Crippen LogP contribution in [0.5, 0.6) is 0 Å². The zero-order valence-electron chi connectivity index (χ0n) is 10.5. The number of anilines is 1. The molecule has 5 nitrogen and oxygen atoms in total. The fourth-order valence-electron chi connectivity index (χ4n) is 1.58. The zero-order chi connectivity index (χ0) is 12.8. The van der Waals surface area contributed by atoms with Crippen LogP contribution < -0.4 is 10.6 Å². The summed E-state index contributed by atoms with van der Waals surface area (Å²) in [6.07, 6.45) is 6.21. The van der Waals surface area contributed by atoms with E-state index in [1.54, 1.807) is 12.4 Å². The Morgan fingerprint density at radius 3 is 2.56 bits per heavy atom. The smallest absolute Gasteiger partial charge is 0.225 e. The summed E-state index contributed by atoms with van der Waals surface area (Å²) in [7, 11) is 1.97. The van der Waals surface area contributed by atoms with Crippen LogP contribution in [0.25, 0.3) is 0 Å². The number of hydrogen-bond acceptors (Lipinski definition) is 5. The Balaban J connectivity index is 1.93. The highest BCUT2D eigenvalue weighted by Crippen LogP contribution is 2.06. The van der Waals surface area contributed by atoms with Gasteiger partial charge in [-0.25, -0.2) is 9.97 Å². The second-order valence-electron chi connectivity index (χ2n) is 4.09. The minimum absolute atomic E-state index is 0.470. The van der Waals surface area contributed by atoms with Crippen LogP contribution in [0.1, 0.15) is 11.3 Å². The minimum atomic E-state index is 0.470. The van der Waals surface area contributed by atoms with Crippen molar-refractivity contribution in [1.29, 1.82) is 0 Å². The predicted molar refractivity (Wildman–Crippen MR) is 71.1 cm³/mol. The molecule has 0 spiro atoms. The molecular formula is C13H17N5. The molecule has 2 aromatic rings. The highest BCUT2D eigenvalue weighted by Gasteiger charge is 2.04. The average molecular weight is 243 g/mol. The second-order valence-corrected chi connectivity index (χ2v) is 4.09. The first-order valence-corrected chi connectivity index (χ1v) is 5.91. The van der Waals surface area contributed by atoms with Crippen LogP contribution in [0.2, 0.25) is 0 Å². The van der Waals surface area contributed by atoms with Crippen molar-refractivity contribution in [3.63, 3.8) is 0 Å². The van der Waals surface area contributed by atoms with E-state index in [-0.39, 0.29) is 0 Å². The van der Waals surface area contributed by atoms with Gasteiger partial charge in [0.1, 0.15) is 0 Å². The molecule has 0 aromatic carbocycles. The maximum absolute atomic E-state index is 5.51. The summed E-state index contributed by atoms with van der Waals surface area (Å²) in [5, 5.41) is 0. The number of likely N-dealkylation sites (N-methyl/N-ethyl adjacent to an activating group) is 1. The van der Waals surface area contributed by atoms with Crippen LogP contribution >= 0.6 is 0 Å². The molecule has 0 aliphatic carbocycles. The third-order valence-electron chi connectivity index (χ3n) is 2.70. The van der Waals surface area contributed by atoms with Gasteiger partial charge in [0.05, 0.1) is 0 Å². The summed E-state index contributed by atoms with van der Waals surface area (Å²) in [4.78, 5) is 14.8. The third-order valence-corrected chi connectivity index (χ3v) is 2.70.